The summed E-state index contributed by atoms with van der Waals surface area (Å²) in [6.07, 6.45) is 0. The fourth-order valence-corrected chi connectivity index (χ4v) is 1.53. The average Bonchev–Trinajstić information content (AvgIpc) is 2.40. The number of nitrogens with zero attached hydrogens (tertiary/aromatic N) is 3. The number of benzene rings is 1. The fourth-order valence-electron chi connectivity index (χ4n) is 1.53. The maximum atomic E-state index is 13.2. The molecular weight excluding hydrogens is 265 g/mol. The molecule has 0 amide bonds. The van der Waals surface area contributed by atoms with Gasteiger partial charge in [0.2, 0.25) is 5.82 Å². The first-order chi connectivity index (χ1) is 9.51. The van der Waals surface area contributed by atoms with Crippen LogP contribution in [0.1, 0.15) is 5.56 Å². The Balaban J connectivity index is 2.29. The van der Waals surface area contributed by atoms with Crippen LogP contribution in [0.5, 0.6) is 0 Å². The monoisotopic (exact) mass is 273 g/mol. The lowest BCUT2D eigenvalue weighted by Crippen LogP contribution is -2.01. The van der Waals surface area contributed by atoms with Crippen molar-refractivity contribution in [2.45, 2.75) is 0 Å². The molecule has 2 rings (SSSR count). The Bertz CT molecular complexity index is 726. The van der Waals surface area contributed by atoms with Crippen LogP contribution < -0.4 is 11.1 Å². The maximum absolute atomic E-state index is 13.2. The van der Waals surface area contributed by atoms with E-state index in [1.54, 1.807) is 6.07 Å². The molecule has 7 nitrogen and oxygen atoms in total. The molecule has 0 saturated heterocycles. The van der Waals surface area contributed by atoms with Gasteiger partial charge in [-0.2, -0.15) is 5.26 Å². The first kappa shape index (κ1) is 13.2. The number of hydrogen-bond acceptors (Lipinski definition) is 6. The highest BCUT2D eigenvalue weighted by Gasteiger charge is 2.13. The Hall–Kier alpha value is -3.21. The lowest BCUT2D eigenvalue weighted by molar-refractivity contribution is -0.384. The Labute approximate surface area is 112 Å². The minimum Gasteiger partial charge on any atom is -0.378 e. The van der Waals surface area contributed by atoms with E-state index in [1.807, 2.05) is 0 Å². The highest BCUT2D eigenvalue weighted by Crippen LogP contribution is 2.23. The third-order valence-corrected chi connectivity index (χ3v) is 2.46. The van der Waals surface area contributed by atoms with E-state index in [9.17, 15) is 14.5 Å². The summed E-state index contributed by atoms with van der Waals surface area (Å²) in [4.78, 5) is 13.8. The molecule has 0 atom stereocenters. The fraction of sp³-hybridized carbons (Fsp3) is 0. The van der Waals surface area contributed by atoms with Gasteiger partial charge in [0, 0.05) is 11.8 Å². The molecule has 8 heteroatoms. The smallest absolute Gasteiger partial charge is 0.311 e. The van der Waals surface area contributed by atoms with Crippen LogP contribution in [0.3, 0.4) is 0 Å². The predicted molar refractivity (Wildman–Crippen MR) is 69.7 cm³/mol. The normalized spacial score (nSPS) is 9.80. The molecule has 1 aromatic carbocycles. The van der Waals surface area contributed by atoms with Gasteiger partial charge in [0.15, 0.2) is 0 Å². The summed E-state index contributed by atoms with van der Waals surface area (Å²) in [5.41, 5.74) is 5.45. The SMILES string of the molecule is N#Cc1cc(Nc2ccc([N+](=O)[O-])c(N)n2)ccc1F. The van der Waals surface area contributed by atoms with E-state index in [-0.39, 0.29) is 22.9 Å². The number of aromatic nitrogens is 1. The standard InChI is InChI=1S/C12H8FN5O2/c13-9-2-1-8(5-7(9)6-14)16-11-4-3-10(18(19)20)12(15)17-11/h1-5H,(H3,15,16,17). The second kappa shape index (κ2) is 5.19. The van der Waals surface area contributed by atoms with Gasteiger partial charge in [0.05, 0.1) is 10.5 Å². The van der Waals surface area contributed by atoms with Gasteiger partial charge < -0.3 is 11.1 Å². The van der Waals surface area contributed by atoms with Crippen molar-refractivity contribution >= 4 is 23.0 Å². The first-order valence-electron chi connectivity index (χ1n) is 5.39. The Morgan fingerprint density at radius 3 is 2.75 bits per heavy atom. The van der Waals surface area contributed by atoms with Gasteiger partial charge in [-0.15, -0.1) is 0 Å². The predicted octanol–water partition coefficient (Wildman–Crippen LogP) is 2.33. The van der Waals surface area contributed by atoms with Gasteiger partial charge in [-0.1, -0.05) is 0 Å². The van der Waals surface area contributed by atoms with Gasteiger partial charge in [-0.05, 0) is 24.3 Å². The van der Waals surface area contributed by atoms with Crippen LogP contribution in [0.4, 0.5) is 27.4 Å². The van der Waals surface area contributed by atoms with Crippen LogP contribution in [0.15, 0.2) is 30.3 Å². The summed E-state index contributed by atoms with van der Waals surface area (Å²) in [6.45, 7) is 0. The number of rotatable bonds is 3. The molecule has 1 heterocycles. The molecule has 3 N–H and O–H groups in total. The zero-order valence-corrected chi connectivity index (χ0v) is 10.0. The third kappa shape index (κ3) is 2.62. The molecule has 0 bridgehead atoms. The average molecular weight is 273 g/mol. The van der Waals surface area contributed by atoms with E-state index < -0.39 is 10.7 Å². The molecular formula is C12H8FN5O2. The van der Waals surface area contributed by atoms with Crippen molar-refractivity contribution in [2.24, 2.45) is 0 Å². The molecule has 0 aliphatic heterocycles. The number of nitrogen functional groups attached to an aromatic ring is 1. The molecule has 0 radical (unpaired) electrons. The molecule has 0 spiro atoms. The van der Waals surface area contributed by atoms with Crippen molar-refractivity contribution in [3.05, 3.63) is 51.8 Å². The van der Waals surface area contributed by atoms with Crippen LogP contribution in [-0.4, -0.2) is 9.91 Å². The molecule has 0 unspecified atom stereocenters. The number of hydrogen-bond donors (Lipinski definition) is 2. The number of pyridine rings is 1. The van der Waals surface area contributed by atoms with Crippen molar-refractivity contribution in [3.8, 4) is 6.07 Å². The lowest BCUT2D eigenvalue weighted by atomic mass is 10.2. The molecule has 0 saturated carbocycles. The Morgan fingerprint density at radius 1 is 1.40 bits per heavy atom. The summed E-state index contributed by atoms with van der Waals surface area (Å²) >= 11 is 0. The molecule has 20 heavy (non-hydrogen) atoms. The van der Waals surface area contributed by atoms with Crippen LogP contribution in [0.25, 0.3) is 0 Å². The first-order valence-corrected chi connectivity index (χ1v) is 5.39. The molecule has 100 valence electrons. The summed E-state index contributed by atoms with van der Waals surface area (Å²) in [5, 5.41) is 22.1. The number of nitro groups is 1. The van der Waals surface area contributed by atoms with Crippen LogP contribution in [0, 0.1) is 27.3 Å². The largest absolute Gasteiger partial charge is 0.378 e. The number of halogens is 1. The van der Waals surface area contributed by atoms with Gasteiger partial charge in [-0.3, -0.25) is 10.1 Å². The minimum atomic E-state index is -0.641. The summed E-state index contributed by atoms with van der Waals surface area (Å²) in [5.74, 6) is -0.611. The van der Waals surface area contributed by atoms with Crippen LogP contribution >= 0.6 is 0 Å². The van der Waals surface area contributed by atoms with E-state index in [0.717, 1.165) is 6.07 Å². The summed E-state index contributed by atoms with van der Waals surface area (Å²) < 4.78 is 13.2. The van der Waals surface area contributed by atoms with Crippen molar-refractivity contribution < 1.29 is 9.31 Å². The Morgan fingerprint density at radius 2 is 2.15 bits per heavy atom. The number of anilines is 3. The van der Waals surface area contributed by atoms with Crippen molar-refractivity contribution in [1.82, 2.24) is 4.98 Å². The Kier molecular flexibility index (Phi) is 3.43. The minimum absolute atomic E-state index is 0.120. The number of nitrogens with one attached hydrogen (secondary N) is 1. The lowest BCUT2D eigenvalue weighted by Gasteiger charge is -2.07. The van der Waals surface area contributed by atoms with E-state index in [0.29, 0.717) is 5.69 Å². The topological polar surface area (TPSA) is 118 Å². The maximum Gasteiger partial charge on any atom is 0.311 e. The van der Waals surface area contributed by atoms with Crippen molar-refractivity contribution in [2.75, 3.05) is 11.1 Å². The second-order valence-corrected chi connectivity index (χ2v) is 3.79. The number of nitriles is 1. The van der Waals surface area contributed by atoms with Crippen LogP contribution in [-0.2, 0) is 0 Å². The molecule has 0 aliphatic rings. The highest BCUT2D eigenvalue weighted by atomic mass is 19.1. The van der Waals surface area contributed by atoms with E-state index in [2.05, 4.69) is 10.3 Å². The second-order valence-electron chi connectivity index (χ2n) is 3.79. The summed E-state index contributed by atoms with van der Waals surface area (Å²) in [6, 6.07) is 8.13. The zero-order valence-electron chi connectivity index (χ0n) is 10.0. The highest BCUT2D eigenvalue weighted by molar-refractivity contribution is 5.63. The quantitative estimate of drug-likeness (QED) is 0.654. The van der Waals surface area contributed by atoms with Crippen molar-refractivity contribution in [3.63, 3.8) is 0 Å². The molecule has 2 aromatic rings. The third-order valence-electron chi connectivity index (χ3n) is 2.46. The molecule has 1 aromatic heterocycles. The van der Waals surface area contributed by atoms with Crippen LogP contribution in [0.2, 0.25) is 0 Å². The zero-order chi connectivity index (χ0) is 14.7. The molecule has 0 aliphatic carbocycles. The van der Waals surface area contributed by atoms with Gasteiger partial charge in [0.25, 0.3) is 0 Å². The van der Waals surface area contributed by atoms with Gasteiger partial charge in [-0.25, -0.2) is 9.37 Å². The summed E-state index contributed by atoms with van der Waals surface area (Å²) in [7, 11) is 0. The van der Waals surface area contributed by atoms with E-state index in [1.165, 1.54) is 24.3 Å². The van der Waals surface area contributed by atoms with Gasteiger partial charge >= 0.3 is 5.69 Å². The van der Waals surface area contributed by atoms with E-state index >= 15 is 0 Å². The number of nitrogens with two attached hydrogens (primary N) is 1. The van der Waals surface area contributed by atoms with Crippen molar-refractivity contribution in [1.29, 1.82) is 5.26 Å². The van der Waals surface area contributed by atoms with Gasteiger partial charge in [0.1, 0.15) is 17.7 Å². The molecule has 0 fully saturated rings. The van der Waals surface area contributed by atoms with E-state index in [4.69, 9.17) is 11.0 Å².